The molecule has 5 heteroatoms. The average Bonchev–Trinajstić information content (AvgIpc) is 2.48. The quantitative estimate of drug-likeness (QED) is 0.748. The number of hydrogen-bond donors (Lipinski definition) is 3. The zero-order valence-corrected chi connectivity index (χ0v) is 14.3. The minimum atomic E-state index is -0.138. The highest BCUT2D eigenvalue weighted by Crippen LogP contribution is 2.22. The Balaban J connectivity index is 2.05. The van der Waals surface area contributed by atoms with Gasteiger partial charge in [-0.3, -0.25) is 4.79 Å². The molecule has 1 amide bonds. The van der Waals surface area contributed by atoms with E-state index in [4.69, 9.17) is 18.0 Å². The highest BCUT2D eigenvalue weighted by Gasteiger charge is 2.14. The van der Waals surface area contributed by atoms with Gasteiger partial charge in [-0.1, -0.05) is 32.9 Å². The summed E-state index contributed by atoms with van der Waals surface area (Å²) in [4.78, 5) is 12.3. The first-order valence-corrected chi connectivity index (χ1v) is 7.75. The zero-order chi connectivity index (χ0) is 17.0. The van der Waals surface area contributed by atoms with Crippen LogP contribution in [0.25, 0.3) is 0 Å². The summed E-state index contributed by atoms with van der Waals surface area (Å²) in [5, 5.41) is 5.91. The number of amides is 1. The SMILES string of the molecule is CC(C)(C)c1ccc(C(=O)Nc2ccc(NC(N)=S)cc2)cc1. The summed E-state index contributed by atoms with van der Waals surface area (Å²) in [6.45, 7) is 6.43. The molecule has 4 nitrogen and oxygen atoms in total. The second-order valence-corrected chi connectivity index (χ2v) is 6.79. The van der Waals surface area contributed by atoms with Crippen molar-refractivity contribution in [2.24, 2.45) is 5.73 Å². The van der Waals surface area contributed by atoms with Crippen LogP contribution in [-0.2, 0) is 5.41 Å². The van der Waals surface area contributed by atoms with Crippen molar-refractivity contribution in [1.82, 2.24) is 0 Å². The maximum atomic E-state index is 12.3. The lowest BCUT2D eigenvalue weighted by molar-refractivity contribution is 0.102. The molecule has 2 aromatic rings. The van der Waals surface area contributed by atoms with Gasteiger partial charge in [-0.2, -0.15) is 0 Å². The number of rotatable bonds is 3. The number of thiocarbonyl (C=S) groups is 1. The van der Waals surface area contributed by atoms with Crippen LogP contribution < -0.4 is 16.4 Å². The van der Waals surface area contributed by atoms with Crippen molar-refractivity contribution < 1.29 is 4.79 Å². The van der Waals surface area contributed by atoms with Crippen molar-refractivity contribution in [3.63, 3.8) is 0 Å². The van der Waals surface area contributed by atoms with Gasteiger partial charge in [-0.25, -0.2) is 0 Å². The lowest BCUT2D eigenvalue weighted by atomic mass is 9.87. The monoisotopic (exact) mass is 327 g/mol. The van der Waals surface area contributed by atoms with E-state index in [-0.39, 0.29) is 16.4 Å². The number of anilines is 2. The summed E-state index contributed by atoms with van der Waals surface area (Å²) < 4.78 is 0. The van der Waals surface area contributed by atoms with Crippen LogP contribution in [0.15, 0.2) is 48.5 Å². The molecule has 0 aliphatic heterocycles. The van der Waals surface area contributed by atoms with Crippen LogP contribution >= 0.6 is 12.2 Å². The molecule has 0 bridgehead atoms. The van der Waals surface area contributed by atoms with Crippen molar-refractivity contribution in [1.29, 1.82) is 0 Å². The van der Waals surface area contributed by atoms with E-state index < -0.39 is 0 Å². The highest BCUT2D eigenvalue weighted by molar-refractivity contribution is 7.80. The standard InChI is InChI=1S/C18H21N3OS/c1-18(2,3)13-6-4-12(5-7-13)16(22)20-14-8-10-15(11-9-14)21-17(19)23/h4-11H,1-3H3,(H,20,22)(H3,19,21,23). The summed E-state index contributed by atoms with van der Waals surface area (Å²) >= 11 is 4.78. The number of carbonyl (C=O) groups excluding carboxylic acids is 1. The molecule has 4 N–H and O–H groups in total. The Hall–Kier alpha value is -2.40. The fourth-order valence-electron chi connectivity index (χ4n) is 2.10. The van der Waals surface area contributed by atoms with Gasteiger partial charge < -0.3 is 16.4 Å². The van der Waals surface area contributed by atoms with Gasteiger partial charge in [0.25, 0.3) is 5.91 Å². The van der Waals surface area contributed by atoms with Crippen LogP contribution in [-0.4, -0.2) is 11.0 Å². The van der Waals surface area contributed by atoms with E-state index in [1.54, 1.807) is 24.3 Å². The van der Waals surface area contributed by atoms with Crippen LogP contribution in [0.3, 0.4) is 0 Å². The maximum Gasteiger partial charge on any atom is 0.255 e. The zero-order valence-electron chi connectivity index (χ0n) is 13.5. The Bertz CT molecular complexity index is 701. The van der Waals surface area contributed by atoms with Crippen molar-refractivity contribution in [2.45, 2.75) is 26.2 Å². The number of nitrogens with two attached hydrogens (primary N) is 1. The third-order valence-electron chi connectivity index (χ3n) is 3.42. The summed E-state index contributed by atoms with van der Waals surface area (Å²) in [6.07, 6.45) is 0. The first-order chi connectivity index (χ1) is 10.8. The van der Waals surface area contributed by atoms with E-state index in [2.05, 4.69) is 31.4 Å². The van der Waals surface area contributed by atoms with E-state index in [1.807, 2.05) is 24.3 Å². The molecule has 0 saturated heterocycles. The topological polar surface area (TPSA) is 67.2 Å². The molecule has 23 heavy (non-hydrogen) atoms. The third kappa shape index (κ3) is 4.79. The smallest absolute Gasteiger partial charge is 0.255 e. The first kappa shape index (κ1) is 17.0. The Morgan fingerprint density at radius 3 is 1.83 bits per heavy atom. The third-order valence-corrected chi connectivity index (χ3v) is 3.53. The molecule has 0 heterocycles. The molecule has 0 radical (unpaired) electrons. The van der Waals surface area contributed by atoms with E-state index in [0.29, 0.717) is 11.3 Å². The van der Waals surface area contributed by atoms with Gasteiger partial charge in [0, 0.05) is 16.9 Å². The summed E-state index contributed by atoms with van der Waals surface area (Å²) in [5.41, 5.74) is 8.80. The molecule has 2 aromatic carbocycles. The van der Waals surface area contributed by atoms with E-state index >= 15 is 0 Å². The predicted octanol–water partition coefficient (Wildman–Crippen LogP) is 3.89. The molecule has 0 unspecified atom stereocenters. The van der Waals surface area contributed by atoms with Gasteiger partial charge in [0.15, 0.2) is 5.11 Å². The molecular weight excluding hydrogens is 306 g/mol. The minimum Gasteiger partial charge on any atom is -0.376 e. The van der Waals surface area contributed by atoms with Crippen molar-refractivity contribution in [2.75, 3.05) is 10.6 Å². The highest BCUT2D eigenvalue weighted by atomic mass is 32.1. The first-order valence-electron chi connectivity index (χ1n) is 7.34. The minimum absolute atomic E-state index is 0.0708. The lowest BCUT2D eigenvalue weighted by Gasteiger charge is -2.19. The second kappa shape index (κ2) is 6.79. The van der Waals surface area contributed by atoms with Gasteiger partial charge in [0.05, 0.1) is 0 Å². The molecule has 2 rings (SSSR count). The van der Waals surface area contributed by atoms with Crippen LogP contribution in [0.4, 0.5) is 11.4 Å². The van der Waals surface area contributed by atoms with Crippen molar-refractivity contribution in [3.8, 4) is 0 Å². The fourth-order valence-corrected chi connectivity index (χ4v) is 2.22. The number of hydrogen-bond acceptors (Lipinski definition) is 2. The molecule has 0 fully saturated rings. The molecule has 0 atom stereocenters. The Morgan fingerprint density at radius 1 is 0.913 bits per heavy atom. The Morgan fingerprint density at radius 2 is 1.39 bits per heavy atom. The Kier molecular flexibility index (Phi) is 5.01. The molecule has 120 valence electrons. The van der Waals surface area contributed by atoms with E-state index in [9.17, 15) is 4.79 Å². The van der Waals surface area contributed by atoms with Crippen LogP contribution in [0.2, 0.25) is 0 Å². The number of benzene rings is 2. The fraction of sp³-hybridized carbons (Fsp3) is 0.222. The lowest BCUT2D eigenvalue weighted by Crippen LogP contribution is -2.18. The van der Waals surface area contributed by atoms with E-state index in [1.165, 1.54) is 5.56 Å². The molecular formula is C18H21N3OS. The second-order valence-electron chi connectivity index (χ2n) is 6.35. The van der Waals surface area contributed by atoms with Gasteiger partial charge in [-0.15, -0.1) is 0 Å². The summed E-state index contributed by atoms with van der Waals surface area (Å²) in [6, 6.07) is 14.9. The maximum absolute atomic E-state index is 12.3. The number of nitrogens with one attached hydrogen (secondary N) is 2. The van der Waals surface area contributed by atoms with Gasteiger partial charge in [0.2, 0.25) is 0 Å². The molecule has 0 spiro atoms. The molecule has 0 aliphatic rings. The summed E-state index contributed by atoms with van der Waals surface area (Å²) in [7, 11) is 0. The van der Waals surface area contributed by atoms with Crippen molar-refractivity contribution in [3.05, 3.63) is 59.7 Å². The predicted molar refractivity (Wildman–Crippen MR) is 99.9 cm³/mol. The van der Waals surface area contributed by atoms with Gasteiger partial charge in [-0.05, 0) is 59.6 Å². The van der Waals surface area contributed by atoms with Gasteiger partial charge in [0.1, 0.15) is 0 Å². The summed E-state index contributed by atoms with van der Waals surface area (Å²) in [5.74, 6) is -0.138. The van der Waals surface area contributed by atoms with Crippen LogP contribution in [0, 0.1) is 0 Å². The number of carbonyl (C=O) groups is 1. The normalized spacial score (nSPS) is 10.9. The van der Waals surface area contributed by atoms with E-state index in [0.717, 1.165) is 5.69 Å². The van der Waals surface area contributed by atoms with Crippen LogP contribution in [0.1, 0.15) is 36.7 Å². The molecule has 0 aromatic heterocycles. The van der Waals surface area contributed by atoms with Crippen molar-refractivity contribution >= 4 is 34.6 Å². The average molecular weight is 327 g/mol. The Labute approximate surface area is 142 Å². The molecule has 0 aliphatic carbocycles. The largest absolute Gasteiger partial charge is 0.376 e. The van der Waals surface area contributed by atoms with Gasteiger partial charge >= 0.3 is 0 Å². The van der Waals surface area contributed by atoms with Crippen LogP contribution in [0.5, 0.6) is 0 Å². The molecule has 0 saturated carbocycles.